The fourth-order valence-corrected chi connectivity index (χ4v) is 5.15. The van der Waals surface area contributed by atoms with E-state index in [1.165, 1.54) is 58.0 Å². The van der Waals surface area contributed by atoms with Gasteiger partial charge in [-0.3, -0.25) is 9.48 Å². The number of likely N-dealkylation sites (tertiary alicyclic amines) is 1. The number of piperidine rings is 1. The van der Waals surface area contributed by atoms with E-state index in [4.69, 9.17) is 5.10 Å². The molecule has 144 valence electrons. The molecule has 1 aliphatic carbocycles. The van der Waals surface area contributed by atoms with Gasteiger partial charge in [-0.25, -0.2) is 0 Å². The molecule has 2 aliphatic heterocycles. The molecule has 1 atom stereocenters. The van der Waals surface area contributed by atoms with Gasteiger partial charge in [-0.15, -0.1) is 0 Å². The Morgan fingerprint density at radius 3 is 2.69 bits per heavy atom. The van der Waals surface area contributed by atoms with Crippen LogP contribution in [0.15, 0.2) is 6.07 Å². The SMILES string of the molecule is CCN1CCCn2nc(C3CCCN(CC4CCCCC4)C3)cc2C1=O. The van der Waals surface area contributed by atoms with Crippen LogP contribution in [0, 0.1) is 5.92 Å². The van der Waals surface area contributed by atoms with Gasteiger partial charge in [-0.05, 0) is 57.6 Å². The van der Waals surface area contributed by atoms with Crippen LogP contribution in [0.3, 0.4) is 0 Å². The predicted molar refractivity (Wildman–Crippen MR) is 103 cm³/mol. The van der Waals surface area contributed by atoms with Crippen LogP contribution in [0.5, 0.6) is 0 Å². The molecule has 0 radical (unpaired) electrons. The molecule has 1 aromatic rings. The van der Waals surface area contributed by atoms with E-state index in [2.05, 4.69) is 17.9 Å². The van der Waals surface area contributed by atoms with Crippen molar-refractivity contribution < 1.29 is 4.79 Å². The van der Waals surface area contributed by atoms with Gasteiger partial charge in [0, 0.05) is 38.6 Å². The molecular formula is C21H34N4O. The first kappa shape index (κ1) is 18.0. The number of nitrogens with zero attached hydrogens (tertiary/aromatic N) is 4. The molecule has 0 N–H and O–H groups in total. The maximum atomic E-state index is 12.7. The molecule has 1 aromatic heterocycles. The summed E-state index contributed by atoms with van der Waals surface area (Å²) in [7, 11) is 0. The Bertz CT molecular complexity index is 620. The van der Waals surface area contributed by atoms with E-state index >= 15 is 0 Å². The molecule has 3 heterocycles. The Kier molecular flexibility index (Phi) is 5.63. The number of rotatable bonds is 4. The smallest absolute Gasteiger partial charge is 0.272 e. The highest BCUT2D eigenvalue weighted by molar-refractivity contribution is 5.93. The van der Waals surface area contributed by atoms with Gasteiger partial charge in [0.25, 0.3) is 5.91 Å². The highest BCUT2D eigenvalue weighted by atomic mass is 16.2. The Hall–Kier alpha value is -1.36. The number of fused-ring (bicyclic) bond motifs is 1. The zero-order chi connectivity index (χ0) is 17.9. The van der Waals surface area contributed by atoms with Crippen molar-refractivity contribution in [3.63, 3.8) is 0 Å². The largest absolute Gasteiger partial charge is 0.338 e. The van der Waals surface area contributed by atoms with Gasteiger partial charge < -0.3 is 9.80 Å². The van der Waals surface area contributed by atoms with Gasteiger partial charge in [0.05, 0.1) is 5.69 Å². The van der Waals surface area contributed by atoms with Crippen molar-refractivity contribution >= 4 is 5.91 Å². The number of carbonyl (C=O) groups is 1. The summed E-state index contributed by atoms with van der Waals surface area (Å²) < 4.78 is 1.98. The van der Waals surface area contributed by atoms with Crippen LogP contribution < -0.4 is 0 Å². The van der Waals surface area contributed by atoms with Crippen molar-refractivity contribution in [2.75, 3.05) is 32.7 Å². The molecule has 1 saturated heterocycles. The summed E-state index contributed by atoms with van der Waals surface area (Å²) in [6.07, 6.45) is 10.6. The number of amides is 1. The van der Waals surface area contributed by atoms with Gasteiger partial charge in [0.15, 0.2) is 0 Å². The zero-order valence-electron chi connectivity index (χ0n) is 16.3. The lowest BCUT2D eigenvalue weighted by atomic mass is 9.87. The van der Waals surface area contributed by atoms with Crippen LogP contribution in [-0.4, -0.2) is 58.2 Å². The first-order valence-corrected chi connectivity index (χ1v) is 10.8. The molecule has 3 aliphatic rings. The van der Waals surface area contributed by atoms with Crippen molar-refractivity contribution in [1.29, 1.82) is 0 Å². The lowest BCUT2D eigenvalue weighted by molar-refractivity contribution is 0.0766. The van der Waals surface area contributed by atoms with Crippen LogP contribution in [0.4, 0.5) is 0 Å². The van der Waals surface area contributed by atoms with Gasteiger partial charge in [0.2, 0.25) is 0 Å². The summed E-state index contributed by atoms with van der Waals surface area (Å²) in [6, 6.07) is 2.10. The second-order valence-electron chi connectivity index (χ2n) is 8.52. The molecule has 0 spiro atoms. The quantitative estimate of drug-likeness (QED) is 0.827. The second kappa shape index (κ2) is 8.12. The summed E-state index contributed by atoms with van der Waals surface area (Å²) >= 11 is 0. The minimum Gasteiger partial charge on any atom is -0.338 e. The van der Waals surface area contributed by atoms with Crippen molar-refractivity contribution in [1.82, 2.24) is 19.6 Å². The summed E-state index contributed by atoms with van der Waals surface area (Å²) in [5.74, 6) is 1.56. The number of aryl methyl sites for hydroxylation is 1. The Labute approximate surface area is 157 Å². The van der Waals surface area contributed by atoms with E-state index in [-0.39, 0.29) is 5.91 Å². The van der Waals surface area contributed by atoms with Gasteiger partial charge >= 0.3 is 0 Å². The Balaban J connectivity index is 1.44. The van der Waals surface area contributed by atoms with Crippen molar-refractivity contribution in [3.05, 3.63) is 17.5 Å². The van der Waals surface area contributed by atoms with Gasteiger partial charge in [0.1, 0.15) is 5.69 Å². The van der Waals surface area contributed by atoms with Gasteiger partial charge in [-0.1, -0.05) is 19.3 Å². The highest BCUT2D eigenvalue weighted by Gasteiger charge is 2.29. The minimum absolute atomic E-state index is 0.165. The van der Waals surface area contributed by atoms with Gasteiger partial charge in [-0.2, -0.15) is 5.10 Å². The summed E-state index contributed by atoms with van der Waals surface area (Å²) in [5.41, 5.74) is 1.96. The Morgan fingerprint density at radius 1 is 1.04 bits per heavy atom. The topological polar surface area (TPSA) is 41.4 Å². The third-order valence-electron chi connectivity index (χ3n) is 6.65. The molecule has 0 aromatic carbocycles. The molecule has 4 rings (SSSR count). The average Bonchev–Trinajstić information content (AvgIpc) is 3.04. The molecule has 1 amide bonds. The lowest BCUT2D eigenvalue weighted by Crippen LogP contribution is -2.38. The van der Waals surface area contributed by atoms with E-state index in [9.17, 15) is 4.79 Å². The minimum atomic E-state index is 0.165. The first-order valence-electron chi connectivity index (χ1n) is 10.8. The summed E-state index contributed by atoms with van der Waals surface area (Å²) in [4.78, 5) is 17.4. The van der Waals surface area contributed by atoms with Crippen LogP contribution in [-0.2, 0) is 6.54 Å². The third-order valence-corrected chi connectivity index (χ3v) is 6.65. The second-order valence-corrected chi connectivity index (χ2v) is 8.52. The van der Waals surface area contributed by atoms with E-state index < -0.39 is 0 Å². The number of hydrogen-bond acceptors (Lipinski definition) is 3. The standard InChI is InChI=1S/C21H34N4O/c1-2-24-12-7-13-25-20(21(24)26)14-19(22-25)18-10-6-11-23(16-18)15-17-8-4-3-5-9-17/h14,17-18H,2-13,15-16H2,1H3. The summed E-state index contributed by atoms with van der Waals surface area (Å²) in [6.45, 7) is 8.21. The monoisotopic (exact) mass is 358 g/mol. The van der Waals surface area contributed by atoms with Crippen molar-refractivity contribution in [2.24, 2.45) is 5.92 Å². The predicted octanol–water partition coefficient (Wildman–Crippen LogP) is 3.51. The molecule has 2 fully saturated rings. The number of hydrogen-bond donors (Lipinski definition) is 0. The zero-order valence-corrected chi connectivity index (χ0v) is 16.3. The van der Waals surface area contributed by atoms with E-state index in [0.29, 0.717) is 5.92 Å². The maximum absolute atomic E-state index is 12.7. The van der Waals surface area contributed by atoms with Crippen molar-refractivity contribution in [2.45, 2.75) is 70.8 Å². The molecule has 1 unspecified atom stereocenters. The molecule has 5 nitrogen and oxygen atoms in total. The fourth-order valence-electron chi connectivity index (χ4n) is 5.15. The lowest BCUT2D eigenvalue weighted by Gasteiger charge is -2.35. The van der Waals surface area contributed by atoms with Crippen LogP contribution in [0.1, 0.15) is 80.4 Å². The molecule has 0 bridgehead atoms. The normalized spacial score (nSPS) is 26.0. The third kappa shape index (κ3) is 3.83. The van der Waals surface area contributed by atoms with Crippen LogP contribution in [0.25, 0.3) is 0 Å². The molecule has 5 heteroatoms. The van der Waals surface area contributed by atoms with E-state index in [0.717, 1.165) is 49.9 Å². The van der Waals surface area contributed by atoms with Crippen molar-refractivity contribution in [3.8, 4) is 0 Å². The summed E-state index contributed by atoms with van der Waals surface area (Å²) in [5, 5.41) is 4.88. The average molecular weight is 359 g/mol. The molecular weight excluding hydrogens is 324 g/mol. The number of aromatic nitrogens is 2. The van der Waals surface area contributed by atoms with E-state index in [1.54, 1.807) is 0 Å². The highest BCUT2D eigenvalue weighted by Crippen LogP contribution is 2.30. The Morgan fingerprint density at radius 2 is 1.88 bits per heavy atom. The van der Waals surface area contributed by atoms with Crippen LogP contribution >= 0.6 is 0 Å². The fraction of sp³-hybridized carbons (Fsp3) is 0.810. The van der Waals surface area contributed by atoms with E-state index in [1.807, 2.05) is 9.58 Å². The van der Waals surface area contributed by atoms with Crippen LogP contribution in [0.2, 0.25) is 0 Å². The first-order chi connectivity index (χ1) is 12.7. The maximum Gasteiger partial charge on any atom is 0.272 e. The number of carbonyl (C=O) groups excluding carboxylic acids is 1. The molecule has 26 heavy (non-hydrogen) atoms. The molecule has 1 saturated carbocycles.